The quantitative estimate of drug-likeness (QED) is 0.490. The Balaban J connectivity index is 2.26. The van der Waals surface area contributed by atoms with E-state index in [1.165, 1.54) is 0 Å². The molecule has 0 radical (unpaired) electrons. The number of nitrogens with one attached hydrogen (secondary N) is 2. The first-order chi connectivity index (χ1) is 10.1. The van der Waals surface area contributed by atoms with Crippen molar-refractivity contribution in [1.29, 1.82) is 0 Å². The molecule has 1 aromatic rings. The molecule has 0 aliphatic carbocycles. The summed E-state index contributed by atoms with van der Waals surface area (Å²) in [6.45, 7) is 2.40. The molecule has 0 aromatic heterocycles. The van der Waals surface area contributed by atoms with E-state index in [-0.39, 0.29) is 18.6 Å². The molecule has 1 aromatic carbocycles. The normalized spacial score (nSPS) is 18.0. The average molecular weight is 306 g/mol. The van der Waals surface area contributed by atoms with Crippen LogP contribution in [0.1, 0.15) is 18.5 Å². The molecular weight excluding hydrogens is 288 g/mol. The zero-order chi connectivity index (χ0) is 15.2. The predicted molar refractivity (Wildman–Crippen MR) is 83.6 cm³/mol. The van der Waals surface area contributed by atoms with Crippen LogP contribution in [0.25, 0.3) is 0 Å². The lowest BCUT2D eigenvalue weighted by Crippen LogP contribution is -2.45. The van der Waals surface area contributed by atoms with Crippen LogP contribution in [0.4, 0.5) is 0 Å². The number of methoxy groups -OCH3 is 1. The minimum Gasteiger partial charge on any atom is -0.460 e. The molecule has 0 saturated carbocycles. The zero-order valence-corrected chi connectivity index (χ0v) is 12.8. The highest BCUT2D eigenvalue weighted by Crippen LogP contribution is 2.27. The predicted octanol–water partition coefficient (Wildman–Crippen LogP) is 1.67. The molecule has 1 unspecified atom stereocenters. The van der Waals surface area contributed by atoms with Crippen LogP contribution >= 0.6 is 12.2 Å². The molecule has 6 heteroatoms. The fraction of sp³-hybridized carbons (Fsp3) is 0.333. The third-order valence-electron chi connectivity index (χ3n) is 3.14. The Bertz CT molecular complexity index is 557. The number of allylic oxidation sites excluding steroid dienone is 1. The maximum absolute atomic E-state index is 12.3. The monoisotopic (exact) mass is 306 g/mol. The minimum atomic E-state index is -0.374. The van der Waals surface area contributed by atoms with E-state index in [9.17, 15) is 4.79 Å². The Kier molecular flexibility index (Phi) is 5.30. The van der Waals surface area contributed by atoms with E-state index in [1.54, 1.807) is 7.11 Å². The summed E-state index contributed by atoms with van der Waals surface area (Å²) in [6.07, 6.45) is 0. The molecule has 5 nitrogen and oxygen atoms in total. The van der Waals surface area contributed by atoms with Gasteiger partial charge in [-0.25, -0.2) is 4.79 Å². The number of thiocarbonyl (C=S) groups is 1. The number of benzene rings is 1. The molecule has 1 aliphatic heterocycles. The van der Waals surface area contributed by atoms with E-state index >= 15 is 0 Å². The van der Waals surface area contributed by atoms with Gasteiger partial charge in [0.15, 0.2) is 5.11 Å². The third kappa shape index (κ3) is 3.80. The first-order valence-electron chi connectivity index (χ1n) is 6.62. The number of carbonyl (C=O) groups excluding carboxylic acids is 1. The van der Waals surface area contributed by atoms with Crippen molar-refractivity contribution in [2.45, 2.75) is 13.0 Å². The van der Waals surface area contributed by atoms with Gasteiger partial charge in [0.2, 0.25) is 0 Å². The molecule has 0 spiro atoms. The highest BCUT2D eigenvalue weighted by Gasteiger charge is 2.30. The Morgan fingerprint density at radius 2 is 2.00 bits per heavy atom. The molecular formula is C15H18N2O3S. The van der Waals surface area contributed by atoms with Gasteiger partial charge in [0.05, 0.1) is 18.2 Å². The first kappa shape index (κ1) is 15.5. The van der Waals surface area contributed by atoms with Gasteiger partial charge in [-0.3, -0.25) is 0 Å². The summed E-state index contributed by atoms with van der Waals surface area (Å²) in [4.78, 5) is 12.3. The van der Waals surface area contributed by atoms with Crippen LogP contribution in [0.15, 0.2) is 41.6 Å². The molecule has 2 rings (SSSR count). The van der Waals surface area contributed by atoms with Crippen LogP contribution in [0, 0.1) is 0 Å². The maximum Gasteiger partial charge on any atom is 0.338 e. The zero-order valence-electron chi connectivity index (χ0n) is 12.0. The van der Waals surface area contributed by atoms with Gasteiger partial charge in [-0.15, -0.1) is 0 Å². The van der Waals surface area contributed by atoms with Gasteiger partial charge < -0.3 is 20.1 Å². The Morgan fingerprint density at radius 3 is 2.67 bits per heavy atom. The molecule has 0 bridgehead atoms. The molecule has 0 saturated heterocycles. The van der Waals surface area contributed by atoms with Gasteiger partial charge in [-0.1, -0.05) is 30.3 Å². The standard InChI is InChI=1S/C15H18N2O3S/c1-10-12(14(18)20-9-8-19-2)13(17-15(21)16-10)11-6-4-3-5-7-11/h3-7,13H,8-9H2,1-2H3,(H2,16,17,21). The Morgan fingerprint density at radius 1 is 1.29 bits per heavy atom. The minimum absolute atomic E-state index is 0.220. The third-order valence-corrected chi connectivity index (χ3v) is 3.36. The van der Waals surface area contributed by atoms with Crippen molar-refractivity contribution in [2.24, 2.45) is 0 Å². The first-order valence-corrected chi connectivity index (χ1v) is 7.03. The van der Waals surface area contributed by atoms with E-state index in [0.717, 1.165) is 5.56 Å². The average Bonchev–Trinajstić information content (AvgIpc) is 2.47. The molecule has 1 heterocycles. The molecule has 1 aliphatic rings. The van der Waals surface area contributed by atoms with Gasteiger partial charge in [0.1, 0.15) is 6.61 Å². The van der Waals surface area contributed by atoms with Gasteiger partial charge in [0.25, 0.3) is 0 Å². The maximum atomic E-state index is 12.3. The number of esters is 1. The number of ether oxygens (including phenoxy) is 2. The number of carbonyl (C=O) groups is 1. The molecule has 21 heavy (non-hydrogen) atoms. The highest BCUT2D eigenvalue weighted by molar-refractivity contribution is 7.80. The van der Waals surface area contributed by atoms with Crippen LogP contribution in [0.5, 0.6) is 0 Å². The van der Waals surface area contributed by atoms with E-state index in [4.69, 9.17) is 21.7 Å². The summed E-state index contributed by atoms with van der Waals surface area (Å²) in [5.41, 5.74) is 2.19. The van der Waals surface area contributed by atoms with Crippen LogP contribution < -0.4 is 10.6 Å². The summed E-state index contributed by atoms with van der Waals surface area (Å²) in [7, 11) is 1.56. The molecule has 0 fully saturated rings. The second-order valence-electron chi connectivity index (χ2n) is 4.61. The van der Waals surface area contributed by atoms with Crippen molar-refractivity contribution in [1.82, 2.24) is 10.6 Å². The number of hydrogen-bond donors (Lipinski definition) is 2. The van der Waals surface area contributed by atoms with Crippen molar-refractivity contribution in [3.63, 3.8) is 0 Å². The summed E-state index contributed by atoms with van der Waals surface area (Å²) in [5.74, 6) is -0.374. The lowest BCUT2D eigenvalue weighted by atomic mass is 9.96. The van der Waals surface area contributed by atoms with Gasteiger partial charge in [-0.2, -0.15) is 0 Å². The summed E-state index contributed by atoms with van der Waals surface area (Å²) in [5, 5.41) is 6.58. The summed E-state index contributed by atoms with van der Waals surface area (Å²) < 4.78 is 10.1. The fourth-order valence-electron chi connectivity index (χ4n) is 2.16. The van der Waals surface area contributed by atoms with Crippen LogP contribution in [0.3, 0.4) is 0 Å². The topological polar surface area (TPSA) is 59.6 Å². The fourth-order valence-corrected chi connectivity index (χ4v) is 2.43. The van der Waals surface area contributed by atoms with Crippen molar-refractivity contribution in [3.05, 3.63) is 47.2 Å². The molecule has 2 N–H and O–H groups in total. The molecule has 112 valence electrons. The number of hydrogen-bond acceptors (Lipinski definition) is 4. The SMILES string of the molecule is COCCOC(=O)C1=C(C)NC(=S)NC1c1ccccc1. The Hall–Kier alpha value is -1.92. The van der Waals surface area contributed by atoms with E-state index in [0.29, 0.717) is 23.0 Å². The van der Waals surface area contributed by atoms with Crippen molar-refractivity contribution < 1.29 is 14.3 Å². The van der Waals surface area contributed by atoms with Crippen molar-refractivity contribution in [2.75, 3.05) is 20.3 Å². The van der Waals surface area contributed by atoms with Crippen molar-refractivity contribution >= 4 is 23.3 Å². The van der Waals surface area contributed by atoms with Gasteiger partial charge in [-0.05, 0) is 24.7 Å². The molecule has 0 amide bonds. The summed E-state index contributed by atoms with van der Waals surface area (Å²) in [6, 6.07) is 9.35. The second-order valence-corrected chi connectivity index (χ2v) is 5.02. The van der Waals surface area contributed by atoms with Gasteiger partial charge in [0, 0.05) is 12.8 Å². The number of rotatable bonds is 5. The smallest absolute Gasteiger partial charge is 0.338 e. The lowest BCUT2D eigenvalue weighted by molar-refractivity contribution is -0.140. The van der Waals surface area contributed by atoms with E-state index in [1.807, 2.05) is 37.3 Å². The van der Waals surface area contributed by atoms with Crippen LogP contribution in [-0.2, 0) is 14.3 Å². The van der Waals surface area contributed by atoms with Crippen LogP contribution in [-0.4, -0.2) is 31.4 Å². The van der Waals surface area contributed by atoms with E-state index < -0.39 is 0 Å². The molecule has 1 atom stereocenters. The Labute approximate surface area is 129 Å². The van der Waals surface area contributed by atoms with Crippen LogP contribution in [0.2, 0.25) is 0 Å². The van der Waals surface area contributed by atoms with E-state index in [2.05, 4.69) is 10.6 Å². The second kappa shape index (κ2) is 7.19. The van der Waals surface area contributed by atoms with Gasteiger partial charge >= 0.3 is 5.97 Å². The van der Waals surface area contributed by atoms with Crippen molar-refractivity contribution in [3.8, 4) is 0 Å². The largest absolute Gasteiger partial charge is 0.460 e. The highest BCUT2D eigenvalue weighted by atomic mass is 32.1. The lowest BCUT2D eigenvalue weighted by Gasteiger charge is -2.29. The summed E-state index contributed by atoms with van der Waals surface area (Å²) >= 11 is 5.18.